The van der Waals surface area contributed by atoms with Crippen molar-refractivity contribution < 1.29 is 14.6 Å². The van der Waals surface area contributed by atoms with Crippen molar-refractivity contribution in [3.63, 3.8) is 0 Å². The van der Waals surface area contributed by atoms with E-state index >= 15 is 0 Å². The quantitative estimate of drug-likeness (QED) is 0.803. The minimum Gasteiger partial charge on any atom is -0.480 e. The fraction of sp³-hybridized carbons (Fsp3) is 0.923. The first-order valence-corrected chi connectivity index (χ1v) is 6.48. The van der Waals surface area contributed by atoms with E-state index in [1.54, 1.807) is 21.0 Å². The summed E-state index contributed by atoms with van der Waals surface area (Å²) in [6.45, 7) is 6.32. The zero-order valence-corrected chi connectivity index (χ0v) is 11.4. The summed E-state index contributed by atoms with van der Waals surface area (Å²) in [4.78, 5) is 13.4. The third-order valence-electron chi connectivity index (χ3n) is 3.95. The lowest BCUT2D eigenvalue weighted by Gasteiger charge is -2.45. The summed E-state index contributed by atoms with van der Waals surface area (Å²) in [6.07, 6.45) is 4.58. The van der Waals surface area contributed by atoms with E-state index in [-0.39, 0.29) is 12.1 Å². The number of carboxylic acid groups (broad SMARTS) is 1. The Balaban J connectivity index is 2.88. The number of hydrogen-bond donors (Lipinski definition) is 1. The highest BCUT2D eigenvalue weighted by Crippen LogP contribution is 2.30. The molecule has 2 atom stereocenters. The lowest BCUT2D eigenvalue weighted by Crippen LogP contribution is -2.58. The van der Waals surface area contributed by atoms with Crippen molar-refractivity contribution in [2.24, 2.45) is 0 Å². The van der Waals surface area contributed by atoms with Gasteiger partial charge in [-0.05, 0) is 33.2 Å². The second kappa shape index (κ2) is 5.83. The molecule has 4 nitrogen and oxygen atoms in total. The van der Waals surface area contributed by atoms with Crippen LogP contribution in [0.1, 0.15) is 46.5 Å². The first-order valence-electron chi connectivity index (χ1n) is 6.48. The molecule has 0 spiro atoms. The number of carboxylic acids is 1. The predicted octanol–water partition coefficient (Wildman–Crippen LogP) is 2.13. The van der Waals surface area contributed by atoms with Gasteiger partial charge in [0.05, 0.1) is 6.10 Å². The van der Waals surface area contributed by atoms with E-state index in [1.165, 1.54) is 6.42 Å². The summed E-state index contributed by atoms with van der Waals surface area (Å²) in [6, 6.07) is 0.227. The van der Waals surface area contributed by atoms with E-state index in [2.05, 4.69) is 4.90 Å². The minimum absolute atomic E-state index is 0.169. The number of hydrogen-bond acceptors (Lipinski definition) is 3. The minimum atomic E-state index is -0.826. The van der Waals surface area contributed by atoms with Crippen LogP contribution in [0.25, 0.3) is 0 Å². The molecule has 2 unspecified atom stereocenters. The first kappa shape index (κ1) is 14.5. The van der Waals surface area contributed by atoms with E-state index < -0.39 is 11.5 Å². The molecule has 17 heavy (non-hydrogen) atoms. The molecule has 0 aromatic carbocycles. The number of aliphatic carboxylic acids is 1. The van der Waals surface area contributed by atoms with E-state index in [1.807, 2.05) is 6.92 Å². The van der Waals surface area contributed by atoms with Crippen molar-refractivity contribution >= 4 is 5.97 Å². The lowest BCUT2D eigenvalue weighted by molar-refractivity contribution is -0.154. The average Bonchev–Trinajstić information content (AvgIpc) is 2.30. The Morgan fingerprint density at radius 1 is 1.41 bits per heavy atom. The number of carbonyl (C=O) groups is 1. The molecule has 0 heterocycles. The first-order chi connectivity index (χ1) is 7.95. The summed E-state index contributed by atoms with van der Waals surface area (Å²) < 4.78 is 5.53. The molecule has 1 rings (SSSR count). The summed E-state index contributed by atoms with van der Waals surface area (Å²) >= 11 is 0. The normalized spacial score (nSPS) is 26.2. The van der Waals surface area contributed by atoms with Gasteiger partial charge in [0.15, 0.2) is 0 Å². The van der Waals surface area contributed by atoms with Gasteiger partial charge in [-0.15, -0.1) is 0 Å². The maximum Gasteiger partial charge on any atom is 0.323 e. The highest BCUT2D eigenvalue weighted by atomic mass is 16.5. The Bertz CT molecular complexity index is 265. The predicted molar refractivity (Wildman–Crippen MR) is 67.1 cm³/mol. The molecular formula is C13H25NO3. The summed E-state index contributed by atoms with van der Waals surface area (Å²) in [5.41, 5.74) is -0.826. The average molecular weight is 243 g/mol. The molecule has 100 valence electrons. The van der Waals surface area contributed by atoms with Crippen LogP contribution in [0.5, 0.6) is 0 Å². The Kier molecular flexibility index (Phi) is 4.95. The smallest absolute Gasteiger partial charge is 0.323 e. The van der Waals surface area contributed by atoms with Crippen LogP contribution in [0.2, 0.25) is 0 Å². The van der Waals surface area contributed by atoms with Gasteiger partial charge in [0, 0.05) is 13.2 Å². The Hall–Kier alpha value is -0.610. The Morgan fingerprint density at radius 2 is 2.00 bits per heavy atom. The number of rotatable bonds is 5. The molecule has 0 bridgehead atoms. The molecule has 1 aliphatic rings. The summed E-state index contributed by atoms with van der Waals surface area (Å²) in [5.74, 6) is -0.764. The number of ether oxygens (including phenoxy) is 1. The zero-order chi connectivity index (χ0) is 13.1. The molecule has 1 fully saturated rings. The van der Waals surface area contributed by atoms with E-state index in [4.69, 9.17) is 4.74 Å². The standard InChI is InChI=1S/C13H25NO3/c1-5-14(13(2,3)12(15)16)10-8-6-7-9-11(10)17-4/h10-11H,5-9H2,1-4H3,(H,15,16). The van der Waals surface area contributed by atoms with Crippen molar-refractivity contribution in [3.8, 4) is 0 Å². The van der Waals surface area contributed by atoms with Crippen molar-refractivity contribution in [2.75, 3.05) is 13.7 Å². The molecular weight excluding hydrogens is 218 g/mol. The van der Waals surface area contributed by atoms with Crippen LogP contribution < -0.4 is 0 Å². The van der Waals surface area contributed by atoms with Gasteiger partial charge >= 0.3 is 5.97 Å². The monoisotopic (exact) mass is 243 g/mol. The van der Waals surface area contributed by atoms with Crippen molar-refractivity contribution in [1.82, 2.24) is 4.90 Å². The van der Waals surface area contributed by atoms with Crippen LogP contribution >= 0.6 is 0 Å². The fourth-order valence-corrected chi connectivity index (χ4v) is 2.88. The van der Waals surface area contributed by atoms with Gasteiger partial charge < -0.3 is 9.84 Å². The number of methoxy groups -OCH3 is 1. The molecule has 0 aromatic heterocycles. The maximum atomic E-state index is 11.4. The lowest BCUT2D eigenvalue weighted by atomic mass is 9.87. The number of likely N-dealkylation sites (N-methyl/N-ethyl adjacent to an activating group) is 1. The van der Waals surface area contributed by atoms with Crippen LogP contribution in [0.3, 0.4) is 0 Å². The van der Waals surface area contributed by atoms with Crippen LogP contribution in [0, 0.1) is 0 Å². The van der Waals surface area contributed by atoms with Gasteiger partial charge in [0.25, 0.3) is 0 Å². The Labute approximate surface area is 104 Å². The van der Waals surface area contributed by atoms with Crippen LogP contribution in [0.4, 0.5) is 0 Å². The van der Waals surface area contributed by atoms with Crippen molar-refractivity contribution in [1.29, 1.82) is 0 Å². The molecule has 1 N–H and O–H groups in total. The highest BCUT2D eigenvalue weighted by Gasteiger charge is 2.41. The van der Waals surface area contributed by atoms with E-state index in [0.29, 0.717) is 0 Å². The van der Waals surface area contributed by atoms with Gasteiger partial charge in [0.1, 0.15) is 5.54 Å². The SMILES string of the molecule is CCN(C1CCCCC1OC)C(C)(C)C(=O)O. The van der Waals surface area contributed by atoms with Gasteiger partial charge in [0.2, 0.25) is 0 Å². The van der Waals surface area contributed by atoms with Crippen LogP contribution in [0.15, 0.2) is 0 Å². The number of nitrogens with zero attached hydrogens (tertiary/aromatic N) is 1. The van der Waals surface area contributed by atoms with E-state index in [9.17, 15) is 9.90 Å². The second-order valence-corrected chi connectivity index (χ2v) is 5.28. The molecule has 0 saturated heterocycles. The third-order valence-corrected chi connectivity index (χ3v) is 3.95. The molecule has 0 amide bonds. The molecule has 0 aliphatic heterocycles. The Morgan fingerprint density at radius 3 is 2.47 bits per heavy atom. The molecule has 1 aliphatic carbocycles. The summed E-state index contributed by atoms with van der Waals surface area (Å²) in [5, 5.41) is 9.35. The molecule has 0 aromatic rings. The maximum absolute atomic E-state index is 11.4. The van der Waals surface area contributed by atoms with Gasteiger partial charge in [-0.2, -0.15) is 0 Å². The van der Waals surface area contributed by atoms with Gasteiger partial charge in [-0.3, -0.25) is 9.69 Å². The second-order valence-electron chi connectivity index (χ2n) is 5.28. The third kappa shape index (κ3) is 2.99. The molecule has 1 saturated carbocycles. The van der Waals surface area contributed by atoms with Crippen molar-refractivity contribution in [2.45, 2.75) is 64.1 Å². The fourth-order valence-electron chi connectivity index (χ4n) is 2.88. The topological polar surface area (TPSA) is 49.8 Å². The largest absolute Gasteiger partial charge is 0.480 e. The van der Waals surface area contributed by atoms with Crippen molar-refractivity contribution in [3.05, 3.63) is 0 Å². The zero-order valence-electron chi connectivity index (χ0n) is 11.4. The molecule has 0 radical (unpaired) electrons. The summed E-state index contributed by atoms with van der Waals surface area (Å²) in [7, 11) is 1.73. The van der Waals surface area contributed by atoms with Gasteiger partial charge in [-0.1, -0.05) is 19.8 Å². The molecule has 4 heteroatoms. The van der Waals surface area contributed by atoms with Crippen LogP contribution in [-0.4, -0.2) is 47.3 Å². The van der Waals surface area contributed by atoms with Crippen LogP contribution in [-0.2, 0) is 9.53 Å². The van der Waals surface area contributed by atoms with Gasteiger partial charge in [-0.25, -0.2) is 0 Å². The van der Waals surface area contributed by atoms with E-state index in [0.717, 1.165) is 25.8 Å². The highest BCUT2D eigenvalue weighted by molar-refractivity contribution is 5.77.